The summed E-state index contributed by atoms with van der Waals surface area (Å²) in [5.41, 5.74) is 0.842. The first-order chi connectivity index (χ1) is 9.73. The summed E-state index contributed by atoms with van der Waals surface area (Å²) in [5.74, 6) is 0.795. The maximum atomic E-state index is 12.4. The number of carbonyl (C=O) groups is 1. The van der Waals surface area contributed by atoms with Crippen LogP contribution in [0.15, 0.2) is 24.3 Å². The predicted molar refractivity (Wildman–Crippen MR) is 81.0 cm³/mol. The molecule has 0 saturated heterocycles. The number of fused-ring (bicyclic) bond motifs is 1. The van der Waals surface area contributed by atoms with E-state index in [1.54, 1.807) is 13.0 Å². The molecule has 0 heterocycles. The van der Waals surface area contributed by atoms with E-state index in [1.807, 2.05) is 25.1 Å². The molecule has 3 rings (SSSR count). The molecular weight excluding hydrogens is 264 g/mol. The molecule has 1 aromatic carbocycles. The van der Waals surface area contributed by atoms with Crippen LogP contribution in [-0.2, 0) is 4.74 Å². The molecule has 2 fully saturated rings. The highest BCUT2D eigenvalue weighted by Gasteiger charge is 2.64. The molecule has 4 unspecified atom stereocenters. The van der Waals surface area contributed by atoms with Crippen LogP contribution < -0.4 is 0 Å². The van der Waals surface area contributed by atoms with Crippen LogP contribution in [0.1, 0.15) is 49.5 Å². The van der Waals surface area contributed by atoms with Crippen molar-refractivity contribution in [3.63, 3.8) is 0 Å². The minimum atomic E-state index is -0.923. The van der Waals surface area contributed by atoms with Crippen LogP contribution in [0.2, 0.25) is 0 Å². The van der Waals surface area contributed by atoms with Crippen molar-refractivity contribution in [3.05, 3.63) is 35.4 Å². The number of rotatable bonds is 2. The number of ether oxygens (including phenoxy) is 1. The van der Waals surface area contributed by atoms with Crippen LogP contribution in [0.3, 0.4) is 0 Å². The molecule has 0 aliphatic heterocycles. The van der Waals surface area contributed by atoms with Gasteiger partial charge in [-0.25, -0.2) is 4.79 Å². The molecule has 0 amide bonds. The number of esters is 1. The third-order valence-corrected chi connectivity index (χ3v) is 5.70. The van der Waals surface area contributed by atoms with Gasteiger partial charge in [-0.3, -0.25) is 0 Å². The summed E-state index contributed by atoms with van der Waals surface area (Å²) in [7, 11) is 0. The lowest BCUT2D eigenvalue weighted by molar-refractivity contribution is -0.0986. The van der Waals surface area contributed by atoms with E-state index >= 15 is 0 Å². The van der Waals surface area contributed by atoms with Gasteiger partial charge in [0.05, 0.1) is 11.2 Å². The lowest BCUT2D eigenvalue weighted by Crippen LogP contribution is -2.45. The zero-order chi connectivity index (χ0) is 15.4. The van der Waals surface area contributed by atoms with Gasteiger partial charge >= 0.3 is 5.97 Å². The molecule has 3 nitrogen and oxygen atoms in total. The first kappa shape index (κ1) is 14.6. The second-order valence-electron chi connectivity index (χ2n) is 7.54. The second kappa shape index (κ2) is 4.57. The minimum Gasteiger partial charge on any atom is -0.456 e. The van der Waals surface area contributed by atoms with E-state index in [-0.39, 0.29) is 11.4 Å². The number of carbonyl (C=O) groups excluding carboxylic acids is 1. The quantitative estimate of drug-likeness (QED) is 0.849. The van der Waals surface area contributed by atoms with Crippen molar-refractivity contribution in [1.29, 1.82) is 0 Å². The molecule has 1 N–H and O–H groups in total. The molecule has 2 aliphatic rings. The Kier molecular flexibility index (Phi) is 3.17. The van der Waals surface area contributed by atoms with Gasteiger partial charge in [0.2, 0.25) is 0 Å². The highest BCUT2D eigenvalue weighted by molar-refractivity contribution is 5.91. The van der Waals surface area contributed by atoms with E-state index in [4.69, 9.17) is 4.74 Å². The molecule has 0 aromatic heterocycles. The molecule has 2 aliphatic carbocycles. The van der Waals surface area contributed by atoms with E-state index in [0.717, 1.165) is 18.4 Å². The Hall–Kier alpha value is -1.35. The van der Waals surface area contributed by atoms with Crippen LogP contribution in [-0.4, -0.2) is 22.8 Å². The summed E-state index contributed by atoms with van der Waals surface area (Å²) in [4.78, 5) is 12.4. The predicted octanol–water partition coefficient (Wildman–Crippen LogP) is 3.34. The largest absolute Gasteiger partial charge is 0.456 e. The van der Waals surface area contributed by atoms with Crippen LogP contribution >= 0.6 is 0 Å². The molecule has 21 heavy (non-hydrogen) atoms. The van der Waals surface area contributed by atoms with Crippen molar-refractivity contribution < 1.29 is 14.6 Å². The monoisotopic (exact) mass is 288 g/mol. The average Bonchev–Trinajstić information content (AvgIpc) is 2.90. The molecule has 0 radical (unpaired) electrons. The summed E-state index contributed by atoms with van der Waals surface area (Å²) in [6.45, 7) is 8.18. The molecular formula is C18H24O3. The van der Waals surface area contributed by atoms with Gasteiger partial charge in [0.15, 0.2) is 0 Å². The minimum absolute atomic E-state index is 0.272. The maximum absolute atomic E-state index is 12.4. The van der Waals surface area contributed by atoms with E-state index < -0.39 is 11.7 Å². The summed E-state index contributed by atoms with van der Waals surface area (Å²) in [6, 6.07) is 7.41. The molecule has 0 bridgehead atoms. The highest BCUT2D eigenvalue weighted by atomic mass is 16.6. The highest BCUT2D eigenvalue weighted by Crippen LogP contribution is 2.66. The van der Waals surface area contributed by atoms with Gasteiger partial charge in [0.1, 0.15) is 6.10 Å². The molecule has 2 saturated carbocycles. The van der Waals surface area contributed by atoms with Crippen molar-refractivity contribution in [2.45, 2.75) is 52.2 Å². The lowest BCUT2D eigenvalue weighted by atomic mass is 9.83. The van der Waals surface area contributed by atoms with Gasteiger partial charge in [-0.1, -0.05) is 32.0 Å². The van der Waals surface area contributed by atoms with E-state index in [0.29, 0.717) is 17.4 Å². The first-order valence-corrected chi connectivity index (χ1v) is 7.72. The molecule has 4 atom stereocenters. The van der Waals surface area contributed by atoms with Gasteiger partial charge in [0, 0.05) is 0 Å². The van der Waals surface area contributed by atoms with E-state index in [2.05, 4.69) is 13.8 Å². The molecule has 1 aromatic rings. The van der Waals surface area contributed by atoms with E-state index in [9.17, 15) is 9.90 Å². The van der Waals surface area contributed by atoms with Gasteiger partial charge in [-0.05, 0) is 55.6 Å². The topological polar surface area (TPSA) is 46.5 Å². The first-order valence-electron chi connectivity index (χ1n) is 7.72. The maximum Gasteiger partial charge on any atom is 0.338 e. The normalized spacial score (nSPS) is 36.7. The van der Waals surface area contributed by atoms with E-state index in [1.165, 1.54) is 0 Å². The fraction of sp³-hybridized carbons (Fsp3) is 0.611. The van der Waals surface area contributed by atoms with Crippen LogP contribution in [0.5, 0.6) is 0 Å². The smallest absolute Gasteiger partial charge is 0.338 e. The van der Waals surface area contributed by atoms with Crippen molar-refractivity contribution in [2.24, 2.45) is 17.3 Å². The van der Waals surface area contributed by atoms with Crippen LogP contribution in [0, 0.1) is 24.2 Å². The van der Waals surface area contributed by atoms with Crippen LogP contribution in [0.4, 0.5) is 0 Å². The Bertz CT molecular complexity index is 574. The number of benzene rings is 1. The zero-order valence-corrected chi connectivity index (χ0v) is 13.2. The number of aryl methyl sites for hydroxylation is 1. The average molecular weight is 288 g/mol. The Balaban J connectivity index is 1.75. The Morgan fingerprint density at radius 1 is 1.24 bits per heavy atom. The third kappa shape index (κ3) is 2.38. The molecule has 3 heteroatoms. The molecule has 114 valence electrons. The standard InChI is InChI=1S/C18H24O3/c1-11-7-5-6-8-12(11)16(19)21-15-9-13-14(17(13,2)3)10-18(15,4)20/h5-8,13-15,20H,9-10H2,1-4H3. The van der Waals surface area contributed by atoms with Crippen LogP contribution in [0.25, 0.3) is 0 Å². The summed E-state index contributed by atoms with van der Waals surface area (Å²) >= 11 is 0. The molecule has 0 spiro atoms. The SMILES string of the molecule is Cc1ccccc1C(=O)OC1CC2C(CC1(C)O)C2(C)C. The summed E-state index contributed by atoms with van der Waals surface area (Å²) in [5, 5.41) is 10.7. The summed E-state index contributed by atoms with van der Waals surface area (Å²) < 4.78 is 5.67. The van der Waals surface area contributed by atoms with Gasteiger partial charge in [0.25, 0.3) is 0 Å². The summed E-state index contributed by atoms with van der Waals surface area (Å²) in [6.07, 6.45) is 1.08. The van der Waals surface area contributed by atoms with Crippen molar-refractivity contribution >= 4 is 5.97 Å². The van der Waals surface area contributed by atoms with Gasteiger partial charge in [-0.2, -0.15) is 0 Å². The third-order valence-electron chi connectivity index (χ3n) is 5.70. The van der Waals surface area contributed by atoms with Crippen molar-refractivity contribution in [1.82, 2.24) is 0 Å². The lowest BCUT2D eigenvalue weighted by Gasteiger charge is -2.36. The number of hydrogen-bond acceptors (Lipinski definition) is 3. The fourth-order valence-corrected chi connectivity index (χ4v) is 3.96. The Morgan fingerprint density at radius 3 is 2.57 bits per heavy atom. The Labute approximate surface area is 126 Å². The number of hydrogen-bond donors (Lipinski definition) is 1. The zero-order valence-electron chi connectivity index (χ0n) is 13.2. The van der Waals surface area contributed by atoms with Crippen molar-refractivity contribution in [2.75, 3.05) is 0 Å². The Morgan fingerprint density at radius 2 is 1.90 bits per heavy atom. The number of aliphatic hydroxyl groups is 1. The van der Waals surface area contributed by atoms with Gasteiger partial charge < -0.3 is 9.84 Å². The second-order valence-corrected chi connectivity index (χ2v) is 7.54. The fourth-order valence-electron chi connectivity index (χ4n) is 3.96. The van der Waals surface area contributed by atoms with Crippen molar-refractivity contribution in [3.8, 4) is 0 Å². The van der Waals surface area contributed by atoms with Gasteiger partial charge in [-0.15, -0.1) is 0 Å².